The molecule has 1 aliphatic heterocycles. The fourth-order valence-corrected chi connectivity index (χ4v) is 4.36. The highest BCUT2D eigenvalue weighted by Crippen LogP contribution is 2.31. The Hall–Kier alpha value is -1.86. The predicted octanol–water partition coefficient (Wildman–Crippen LogP) is 3.40. The van der Waals surface area contributed by atoms with E-state index in [9.17, 15) is 9.59 Å². The molecule has 152 valence electrons. The third kappa shape index (κ3) is 4.75. The zero-order valence-electron chi connectivity index (χ0n) is 16.3. The second-order valence-electron chi connectivity index (χ2n) is 7.74. The number of carbonyl (C=O) groups excluding carboxylic acids is 2. The molecule has 0 bridgehead atoms. The van der Waals surface area contributed by atoms with Crippen molar-refractivity contribution < 1.29 is 9.59 Å². The van der Waals surface area contributed by atoms with E-state index in [1.807, 2.05) is 0 Å². The topological polar surface area (TPSA) is 73.5 Å². The molecule has 3 rings (SSSR count). The summed E-state index contributed by atoms with van der Waals surface area (Å²) in [6, 6.07) is 5.22. The summed E-state index contributed by atoms with van der Waals surface area (Å²) in [5.74, 6) is 0.878. The molecule has 1 saturated heterocycles. The number of benzene rings is 1. The van der Waals surface area contributed by atoms with Gasteiger partial charge in [-0.25, -0.2) is 0 Å². The minimum absolute atomic E-state index is 0.0267. The number of halogens is 1. The van der Waals surface area contributed by atoms with Crippen LogP contribution in [0.2, 0.25) is 5.02 Å². The van der Waals surface area contributed by atoms with Crippen LogP contribution in [0.15, 0.2) is 18.2 Å². The Labute approximate surface area is 176 Å². The van der Waals surface area contributed by atoms with Crippen molar-refractivity contribution in [1.29, 1.82) is 0 Å². The van der Waals surface area contributed by atoms with E-state index in [-0.39, 0.29) is 11.8 Å². The van der Waals surface area contributed by atoms with Crippen LogP contribution in [0.5, 0.6) is 0 Å². The lowest BCUT2D eigenvalue weighted by atomic mass is 9.78. The molecule has 0 aromatic heterocycles. The van der Waals surface area contributed by atoms with Gasteiger partial charge < -0.3 is 10.2 Å². The Kier molecular flexibility index (Phi) is 6.78. The summed E-state index contributed by atoms with van der Waals surface area (Å²) in [4.78, 5) is 26.1. The third-order valence-corrected chi connectivity index (χ3v) is 6.42. The first-order valence-corrected chi connectivity index (χ1v) is 10.6. The van der Waals surface area contributed by atoms with E-state index in [2.05, 4.69) is 30.0 Å². The first kappa shape index (κ1) is 20.9. The highest BCUT2D eigenvalue weighted by atomic mass is 35.5. The quantitative estimate of drug-likeness (QED) is 0.514. The Balaban J connectivity index is 1.57. The van der Waals surface area contributed by atoms with Gasteiger partial charge in [-0.2, -0.15) is 0 Å². The monoisotopic (exact) mass is 422 g/mol. The van der Waals surface area contributed by atoms with E-state index >= 15 is 0 Å². The molecular formula is C20H27ClN4O2S. The van der Waals surface area contributed by atoms with E-state index in [0.717, 1.165) is 12.8 Å². The fourth-order valence-electron chi connectivity index (χ4n) is 3.94. The molecule has 0 radical (unpaired) electrons. The minimum Gasteiger partial charge on any atom is -0.358 e. The maximum atomic E-state index is 12.5. The highest BCUT2D eigenvalue weighted by Gasteiger charge is 2.27. The number of nitrogens with one attached hydrogen (secondary N) is 3. The fraction of sp³-hybridized carbons (Fsp3) is 0.550. The Morgan fingerprint density at radius 1 is 1.21 bits per heavy atom. The average molecular weight is 423 g/mol. The van der Waals surface area contributed by atoms with Crippen molar-refractivity contribution in [2.45, 2.75) is 52.0 Å². The molecule has 1 aliphatic carbocycles. The summed E-state index contributed by atoms with van der Waals surface area (Å²) in [6.45, 7) is 5.12. The van der Waals surface area contributed by atoms with Crippen LogP contribution in [0.25, 0.3) is 0 Å². The maximum absolute atomic E-state index is 12.5. The second kappa shape index (κ2) is 9.09. The molecule has 2 aliphatic rings. The third-order valence-electron chi connectivity index (χ3n) is 5.89. The number of thiocarbonyl (C=S) groups is 1. The van der Waals surface area contributed by atoms with Crippen molar-refractivity contribution >= 4 is 46.4 Å². The molecule has 1 aromatic carbocycles. The molecule has 1 aromatic rings. The van der Waals surface area contributed by atoms with E-state index < -0.39 is 0 Å². The van der Waals surface area contributed by atoms with Crippen LogP contribution in [0.4, 0.5) is 5.69 Å². The summed E-state index contributed by atoms with van der Waals surface area (Å²) >= 11 is 11.6. The SMILES string of the molecule is C[C@@H]1[C@@H](C)CCC[C@H]1NC(=S)NNC(=O)c1ccc(Cl)c(N2CCCC2=O)c1. The molecule has 3 N–H and O–H groups in total. The summed E-state index contributed by atoms with van der Waals surface area (Å²) in [7, 11) is 0. The lowest BCUT2D eigenvalue weighted by Gasteiger charge is -2.35. The number of hydrazine groups is 1. The minimum atomic E-state index is -0.334. The molecule has 2 amide bonds. The Morgan fingerprint density at radius 3 is 2.71 bits per heavy atom. The number of nitrogens with zero attached hydrogens (tertiary/aromatic N) is 1. The van der Waals surface area contributed by atoms with Crippen LogP contribution >= 0.6 is 23.8 Å². The molecule has 1 saturated carbocycles. The normalized spacial score (nSPS) is 24.8. The molecular weight excluding hydrogens is 396 g/mol. The maximum Gasteiger partial charge on any atom is 0.269 e. The standard InChI is InChI=1S/C20H27ClN4O2S/c1-12-5-3-6-16(13(12)2)22-20(28)24-23-19(27)14-8-9-15(21)17(11-14)25-10-4-7-18(25)26/h8-9,11-13,16H,3-7,10H2,1-2H3,(H,23,27)(H2,22,24,28)/t12-,13+,16+/m0/s1. The highest BCUT2D eigenvalue weighted by molar-refractivity contribution is 7.80. The van der Waals surface area contributed by atoms with Gasteiger partial charge in [0.15, 0.2) is 5.11 Å². The molecule has 1 heterocycles. The van der Waals surface area contributed by atoms with Gasteiger partial charge in [-0.15, -0.1) is 0 Å². The van der Waals surface area contributed by atoms with E-state index in [1.165, 1.54) is 12.8 Å². The van der Waals surface area contributed by atoms with E-state index in [4.69, 9.17) is 23.8 Å². The van der Waals surface area contributed by atoms with Gasteiger partial charge in [0.2, 0.25) is 5.91 Å². The number of amides is 2. The van der Waals surface area contributed by atoms with Crippen LogP contribution in [0, 0.1) is 11.8 Å². The second-order valence-corrected chi connectivity index (χ2v) is 8.56. The smallest absolute Gasteiger partial charge is 0.269 e. The molecule has 6 nitrogen and oxygen atoms in total. The van der Waals surface area contributed by atoms with Crippen LogP contribution in [0.3, 0.4) is 0 Å². The number of rotatable bonds is 3. The van der Waals surface area contributed by atoms with Crippen molar-refractivity contribution in [3.05, 3.63) is 28.8 Å². The molecule has 28 heavy (non-hydrogen) atoms. The summed E-state index contributed by atoms with van der Waals surface area (Å²) in [5.41, 5.74) is 6.39. The van der Waals surface area contributed by atoms with Crippen molar-refractivity contribution in [1.82, 2.24) is 16.2 Å². The largest absolute Gasteiger partial charge is 0.358 e. The van der Waals surface area contributed by atoms with E-state index in [1.54, 1.807) is 23.1 Å². The van der Waals surface area contributed by atoms with Gasteiger partial charge >= 0.3 is 0 Å². The van der Waals surface area contributed by atoms with Crippen LogP contribution in [-0.2, 0) is 4.79 Å². The van der Waals surface area contributed by atoms with Crippen molar-refractivity contribution in [3.63, 3.8) is 0 Å². The summed E-state index contributed by atoms with van der Waals surface area (Å²) in [5, 5.41) is 4.17. The van der Waals surface area contributed by atoms with Crippen molar-refractivity contribution in [2.24, 2.45) is 11.8 Å². The number of carbonyl (C=O) groups is 2. The van der Waals surface area contributed by atoms with Crippen molar-refractivity contribution in [3.8, 4) is 0 Å². The molecule has 8 heteroatoms. The van der Waals surface area contributed by atoms with Gasteiger partial charge in [-0.3, -0.25) is 20.4 Å². The first-order chi connectivity index (χ1) is 13.4. The number of hydrogen-bond acceptors (Lipinski definition) is 3. The van der Waals surface area contributed by atoms with Gasteiger partial charge in [0, 0.05) is 24.6 Å². The molecule has 0 unspecified atom stereocenters. The van der Waals surface area contributed by atoms with Crippen LogP contribution in [-0.4, -0.2) is 29.5 Å². The van der Waals surface area contributed by atoms with Crippen LogP contribution in [0.1, 0.15) is 56.3 Å². The summed E-state index contributed by atoms with van der Waals surface area (Å²) < 4.78 is 0. The van der Waals surface area contributed by atoms with E-state index in [0.29, 0.717) is 52.2 Å². The zero-order chi connectivity index (χ0) is 20.3. The van der Waals surface area contributed by atoms with Gasteiger partial charge in [0.05, 0.1) is 10.7 Å². The Morgan fingerprint density at radius 2 is 2.00 bits per heavy atom. The number of anilines is 1. The first-order valence-electron chi connectivity index (χ1n) is 9.83. The molecule has 3 atom stereocenters. The van der Waals surface area contributed by atoms with Gasteiger partial charge in [0.25, 0.3) is 5.91 Å². The van der Waals surface area contributed by atoms with Gasteiger partial charge in [-0.1, -0.05) is 38.3 Å². The van der Waals surface area contributed by atoms with Gasteiger partial charge in [-0.05, 0) is 55.1 Å². The lowest BCUT2D eigenvalue weighted by molar-refractivity contribution is -0.117. The zero-order valence-corrected chi connectivity index (χ0v) is 17.8. The Bertz CT molecular complexity index is 773. The molecule has 0 spiro atoms. The summed E-state index contributed by atoms with van der Waals surface area (Å²) in [6.07, 6.45) is 4.80. The average Bonchev–Trinajstić information content (AvgIpc) is 3.09. The van der Waals surface area contributed by atoms with Gasteiger partial charge in [0.1, 0.15) is 0 Å². The lowest BCUT2D eigenvalue weighted by Crippen LogP contribution is -2.52. The van der Waals surface area contributed by atoms with Crippen LogP contribution < -0.4 is 21.1 Å². The molecule has 2 fully saturated rings. The number of hydrogen-bond donors (Lipinski definition) is 3. The van der Waals surface area contributed by atoms with Crippen molar-refractivity contribution in [2.75, 3.05) is 11.4 Å². The predicted molar refractivity (Wildman–Crippen MR) is 115 cm³/mol.